The van der Waals surface area contributed by atoms with E-state index in [1.807, 2.05) is 13.0 Å². The van der Waals surface area contributed by atoms with Gasteiger partial charge in [0, 0.05) is 6.04 Å². The fraction of sp³-hybridized carbons (Fsp3) is 0.381. The van der Waals surface area contributed by atoms with Crippen molar-refractivity contribution in [1.29, 1.82) is 5.26 Å². The molecular weight excluding hydrogens is 416 g/mol. The molecule has 31 heavy (non-hydrogen) atoms. The number of aromatic nitrogens is 4. The van der Waals surface area contributed by atoms with Crippen LogP contribution in [0.3, 0.4) is 0 Å². The number of nitrogens with two attached hydrogens (primary N) is 1. The standard InChI is InChI=1S/C21H23ClN8O/c1-12(28-19-14(10-23)18(24)26-11-27-19)20-29-16-6-2-5-15(22)17(16)21(31)30(20)13-4-3-8-25-9-7-13/h2,5-6,11-13,25H,3-4,7-9H2,1H3,(H3,24,26,27,28)/t12-,13?/m0/s1. The lowest BCUT2D eigenvalue weighted by atomic mass is 10.1. The monoisotopic (exact) mass is 438 g/mol. The number of nitriles is 1. The lowest BCUT2D eigenvalue weighted by molar-refractivity contribution is 0.417. The van der Waals surface area contributed by atoms with E-state index in [0.717, 1.165) is 32.4 Å². The summed E-state index contributed by atoms with van der Waals surface area (Å²) in [7, 11) is 0. The maximum absolute atomic E-state index is 13.6. The molecule has 10 heteroatoms. The quantitative estimate of drug-likeness (QED) is 0.565. The largest absolute Gasteiger partial charge is 0.382 e. The SMILES string of the molecule is C[C@H](Nc1ncnc(N)c1C#N)c1nc2cccc(Cl)c2c(=O)n1C1CCCNCC1. The van der Waals surface area contributed by atoms with Crippen LogP contribution in [0.1, 0.15) is 49.7 Å². The molecule has 1 saturated heterocycles. The highest BCUT2D eigenvalue weighted by Gasteiger charge is 2.25. The van der Waals surface area contributed by atoms with Crippen molar-refractivity contribution in [2.75, 3.05) is 24.1 Å². The van der Waals surface area contributed by atoms with Gasteiger partial charge in [0.15, 0.2) is 0 Å². The van der Waals surface area contributed by atoms with E-state index in [1.54, 1.807) is 22.8 Å². The molecular formula is C21H23ClN8O. The van der Waals surface area contributed by atoms with Crippen LogP contribution in [0, 0.1) is 11.3 Å². The summed E-state index contributed by atoms with van der Waals surface area (Å²) < 4.78 is 1.76. The smallest absolute Gasteiger partial charge is 0.263 e. The second kappa shape index (κ2) is 8.88. The van der Waals surface area contributed by atoms with Gasteiger partial charge >= 0.3 is 0 Å². The first kappa shape index (κ1) is 21.0. The van der Waals surface area contributed by atoms with Gasteiger partial charge < -0.3 is 16.4 Å². The van der Waals surface area contributed by atoms with E-state index < -0.39 is 6.04 Å². The maximum atomic E-state index is 13.6. The first-order chi connectivity index (χ1) is 15.0. The summed E-state index contributed by atoms with van der Waals surface area (Å²) in [4.78, 5) is 26.5. The lowest BCUT2D eigenvalue weighted by Crippen LogP contribution is -2.32. The van der Waals surface area contributed by atoms with Crippen LogP contribution in [0.15, 0.2) is 29.3 Å². The van der Waals surface area contributed by atoms with E-state index >= 15 is 0 Å². The van der Waals surface area contributed by atoms with Crippen molar-refractivity contribution < 1.29 is 0 Å². The van der Waals surface area contributed by atoms with Crippen LogP contribution >= 0.6 is 11.6 Å². The van der Waals surface area contributed by atoms with Gasteiger partial charge in [0.05, 0.1) is 22.0 Å². The van der Waals surface area contributed by atoms with E-state index in [1.165, 1.54) is 6.33 Å². The van der Waals surface area contributed by atoms with Gasteiger partial charge in [-0.1, -0.05) is 17.7 Å². The third kappa shape index (κ3) is 4.04. The summed E-state index contributed by atoms with van der Waals surface area (Å²) >= 11 is 6.38. The third-order valence-electron chi connectivity index (χ3n) is 5.55. The van der Waals surface area contributed by atoms with Gasteiger partial charge in [0.25, 0.3) is 5.56 Å². The number of nitrogen functional groups attached to an aromatic ring is 1. The first-order valence-electron chi connectivity index (χ1n) is 10.2. The molecule has 2 aromatic heterocycles. The Morgan fingerprint density at radius 1 is 1.35 bits per heavy atom. The molecule has 1 aliphatic rings. The Kier molecular flexibility index (Phi) is 6.02. The predicted molar refractivity (Wildman–Crippen MR) is 120 cm³/mol. The second-order valence-corrected chi connectivity index (χ2v) is 7.98. The molecule has 4 rings (SSSR count). The Labute approximate surface area is 184 Å². The molecule has 0 aliphatic carbocycles. The summed E-state index contributed by atoms with van der Waals surface area (Å²) in [5.41, 5.74) is 6.35. The summed E-state index contributed by atoms with van der Waals surface area (Å²) in [5, 5.41) is 16.8. The van der Waals surface area contributed by atoms with Crippen LogP contribution < -0.4 is 21.9 Å². The number of halogens is 1. The fourth-order valence-electron chi connectivity index (χ4n) is 4.03. The van der Waals surface area contributed by atoms with Gasteiger partial charge in [-0.05, 0) is 51.4 Å². The number of nitrogens with one attached hydrogen (secondary N) is 2. The van der Waals surface area contributed by atoms with Gasteiger partial charge in [0.1, 0.15) is 35.4 Å². The molecule has 0 radical (unpaired) electrons. The molecule has 160 valence electrons. The normalized spacial score (nSPS) is 17.6. The van der Waals surface area contributed by atoms with E-state index in [-0.39, 0.29) is 23.0 Å². The van der Waals surface area contributed by atoms with E-state index in [2.05, 4.69) is 20.6 Å². The average molecular weight is 439 g/mol. The van der Waals surface area contributed by atoms with E-state index in [4.69, 9.17) is 22.3 Å². The van der Waals surface area contributed by atoms with Crippen LogP contribution in [0.25, 0.3) is 10.9 Å². The fourth-order valence-corrected chi connectivity index (χ4v) is 4.28. The minimum atomic E-state index is -0.423. The van der Waals surface area contributed by atoms with E-state index in [0.29, 0.717) is 27.6 Å². The van der Waals surface area contributed by atoms with Gasteiger partial charge in [-0.3, -0.25) is 9.36 Å². The Morgan fingerprint density at radius 3 is 3.00 bits per heavy atom. The minimum Gasteiger partial charge on any atom is -0.382 e. The molecule has 1 aromatic carbocycles. The molecule has 0 spiro atoms. The van der Waals surface area contributed by atoms with Crippen molar-refractivity contribution in [3.63, 3.8) is 0 Å². The Morgan fingerprint density at radius 2 is 2.19 bits per heavy atom. The molecule has 2 atom stereocenters. The van der Waals surface area contributed by atoms with E-state index in [9.17, 15) is 10.1 Å². The Hall–Kier alpha value is -3.22. The number of rotatable bonds is 4. The summed E-state index contributed by atoms with van der Waals surface area (Å²) in [5.74, 6) is 0.961. The zero-order valence-corrected chi connectivity index (χ0v) is 17.9. The molecule has 0 amide bonds. The van der Waals surface area contributed by atoms with Gasteiger partial charge in [-0.2, -0.15) is 5.26 Å². The Balaban J connectivity index is 1.86. The van der Waals surface area contributed by atoms with Crippen molar-refractivity contribution in [2.45, 2.75) is 38.3 Å². The van der Waals surface area contributed by atoms with Crippen molar-refractivity contribution in [1.82, 2.24) is 24.8 Å². The van der Waals surface area contributed by atoms with Gasteiger partial charge in [-0.15, -0.1) is 0 Å². The van der Waals surface area contributed by atoms with Crippen LogP contribution in [-0.4, -0.2) is 32.6 Å². The minimum absolute atomic E-state index is 0.0131. The van der Waals surface area contributed by atoms with Crippen LogP contribution in [-0.2, 0) is 0 Å². The summed E-state index contributed by atoms with van der Waals surface area (Å²) in [6, 6.07) is 6.85. The highest BCUT2D eigenvalue weighted by molar-refractivity contribution is 6.35. The molecule has 1 fully saturated rings. The Bertz CT molecular complexity index is 1210. The topological polar surface area (TPSA) is 135 Å². The highest BCUT2D eigenvalue weighted by Crippen LogP contribution is 2.28. The molecule has 0 saturated carbocycles. The molecule has 3 heterocycles. The van der Waals surface area contributed by atoms with Crippen molar-refractivity contribution in [3.05, 3.63) is 51.3 Å². The zero-order valence-electron chi connectivity index (χ0n) is 17.1. The van der Waals surface area contributed by atoms with Gasteiger partial charge in [-0.25, -0.2) is 15.0 Å². The number of hydrogen-bond acceptors (Lipinski definition) is 8. The highest BCUT2D eigenvalue weighted by atomic mass is 35.5. The molecule has 0 bridgehead atoms. The zero-order chi connectivity index (χ0) is 22.0. The number of hydrogen-bond donors (Lipinski definition) is 3. The number of nitrogens with zero attached hydrogens (tertiary/aromatic N) is 5. The molecule has 4 N–H and O–H groups in total. The average Bonchev–Trinajstić information content (AvgIpc) is 3.03. The van der Waals surface area contributed by atoms with Crippen molar-refractivity contribution in [3.8, 4) is 6.07 Å². The number of anilines is 2. The number of fused-ring (bicyclic) bond motifs is 1. The molecule has 3 aromatic rings. The summed E-state index contributed by atoms with van der Waals surface area (Å²) in [6.45, 7) is 3.62. The predicted octanol–water partition coefficient (Wildman–Crippen LogP) is 2.78. The van der Waals surface area contributed by atoms with Crippen LogP contribution in [0.5, 0.6) is 0 Å². The number of benzene rings is 1. The van der Waals surface area contributed by atoms with Crippen LogP contribution in [0.4, 0.5) is 11.6 Å². The molecule has 1 aliphatic heterocycles. The van der Waals surface area contributed by atoms with Gasteiger partial charge in [0.2, 0.25) is 0 Å². The molecule has 1 unspecified atom stereocenters. The van der Waals surface area contributed by atoms with Crippen LogP contribution in [0.2, 0.25) is 5.02 Å². The maximum Gasteiger partial charge on any atom is 0.263 e. The summed E-state index contributed by atoms with van der Waals surface area (Å²) in [6.07, 6.45) is 3.91. The van der Waals surface area contributed by atoms with Crippen molar-refractivity contribution >= 4 is 34.1 Å². The lowest BCUT2D eigenvalue weighted by Gasteiger charge is -2.25. The first-order valence-corrected chi connectivity index (χ1v) is 10.6. The third-order valence-corrected chi connectivity index (χ3v) is 5.86. The molecule has 9 nitrogen and oxygen atoms in total. The second-order valence-electron chi connectivity index (χ2n) is 7.57. The van der Waals surface area contributed by atoms with Crippen molar-refractivity contribution in [2.24, 2.45) is 0 Å².